The number of hydrogen-bond donors (Lipinski definition) is 1. The molecule has 7 heteroatoms. The summed E-state index contributed by atoms with van der Waals surface area (Å²) in [6.07, 6.45) is -0.117. The van der Waals surface area contributed by atoms with Gasteiger partial charge in [-0.05, 0) is 36.8 Å². The van der Waals surface area contributed by atoms with Crippen molar-refractivity contribution in [1.82, 2.24) is 15.1 Å². The number of benzene rings is 2. The largest absolute Gasteiger partial charge is 0.494 e. The molecule has 2 aromatic carbocycles. The Kier molecular flexibility index (Phi) is 5.83. The average Bonchev–Trinajstić information content (AvgIpc) is 3.17. The second kappa shape index (κ2) is 8.68. The van der Waals surface area contributed by atoms with E-state index in [0.717, 1.165) is 22.6 Å². The second-order valence-corrected chi connectivity index (χ2v) is 7.21. The van der Waals surface area contributed by atoms with E-state index in [1.807, 2.05) is 60.1 Å². The van der Waals surface area contributed by atoms with Gasteiger partial charge in [-0.3, -0.25) is 9.48 Å². The molecular weight excluding hydrogens is 390 g/mol. The van der Waals surface area contributed by atoms with Crippen LogP contribution in [0.5, 0.6) is 5.75 Å². The molecule has 150 valence electrons. The molecule has 1 amide bonds. The maximum Gasteiger partial charge on any atom is 0.272 e. The summed E-state index contributed by atoms with van der Waals surface area (Å²) in [5.74, 6) is 0.555. The first-order valence-corrected chi connectivity index (χ1v) is 9.94. The number of ether oxygens (including phenoxy) is 2. The Bertz CT molecular complexity index is 1000. The van der Waals surface area contributed by atoms with Crippen molar-refractivity contribution in [3.63, 3.8) is 0 Å². The number of aromatic nitrogens is 2. The number of para-hydroxylation sites is 1. The van der Waals surface area contributed by atoms with Crippen molar-refractivity contribution in [1.29, 1.82) is 0 Å². The van der Waals surface area contributed by atoms with Crippen molar-refractivity contribution in [3.8, 4) is 5.75 Å². The molecule has 0 aliphatic carbocycles. The highest BCUT2D eigenvalue weighted by atomic mass is 35.5. The Morgan fingerprint density at radius 2 is 2.07 bits per heavy atom. The summed E-state index contributed by atoms with van der Waals surface area (Å²) in [5, 5.41) is 8.09. The standard InChI is InChI=1S/C22H22ClN3O3/c1-2-28-20-6-4-3-5-16(20)12-24-22(27)19-11-18-14-29-21(13-26(18)25-19)15-7-9-17(23)10-8-15/h3-11,21H,2,12-14H2,1H3,(H,24,27). The van der Waals surface area contributed by atoms with Crippen molar-refractivity contribution in [2.24, 2.45) is 0 Å². The minimum absolute atomic E-state index is 0.117. The minimum Gasteiger partial charge on any atom is -0.494 e. The third kappa shape index (κ3) is 4.44. The van der Waals surface area contributed by atoms with Gasteiger partial charge in [-0.15, -0.1) is 0 Å². The minimum atomic E-state index is -0.221. The first kappa shape index (κ1) is 19.5. The number of hydrogen-bond acceptors (Lipinski definition) is 4. The molecule has 1 unspecified atom stereocenters. The Balaban J connectivity index is 1.42. The quantitative estimate of drug-likeness (QED) is 0.662. The van der Waals surface area contributed by atoms with Gasteiger partial charge in [-0.1, -0.05) is 41.9 Å². The summed E-state index contributed by atoms with van der Waals surface area (Å²) in [5.41, 5.74) is 3.23. The SMILES string of the molecule is CCOc1ccccc1CNC(=O)c1cc2n(n1)CC(c1ccc(Cl)cc1)OC2. The van der Waals surface area contributed by atoms with Crippen molar-refractivity contribution < 1.29 is 14.3 Å². The van der Waals surface area contributed by atoms with E-state index in [2.05, 4.69) is 10.4 Å². The summed E-state index contributed by atoms with van der Waals surface area (Å²) < 4.78 is 13.4. The Morgan fingerprint density at radius 3 is 2.86 bits per heavy atom. The summed E-state index contributed by atoms with van der Waals surface area (Å²) in [6, 6.07) is 17.0. The van der Waals surface area contributed by atoms with Crippen LogP contribution < -0.4 is 10.1 Å². The molecular formula is C22H22ClN3O3. The molecule has 1 N–H and O–H groups in total. The highest BCUT2D eigenvalue weighted by Gasteiger charge is 2.24. The van der Waals surface area contributed by atoms with Crippen LogP contribution in [0.1, 0.15) is 40.3 Å². The van der Waals surface area contributed by atoms with E-state index in [0.29, 0.717) is 37.0 Å². The lowest BCUT2D eigenvalue weighted by atomic mass is 10.1. The van der Waals surface area contributed by atoms with Gasteiger partial charge in [0.15, 0.2) is 5.69 Å². The van der Waals surface area contributed by atoms with Crippen LogP contribution in [0.3, 0.4) is 0 Å². The number of amides is 1. The lowest BCUT2D eigenvalue weighted by Crippen LogP contribution is -2.24. The van der Waals surface area contributed by atoms with Crippen LogP contribution in [0, 0.1) is 0 Å². The predicted molar refractivity (Wildman–Crippen MR) is 110 cm³/mol. The molecule has 1 atom stereocenters. The van der Waals surface area contributed by atoms with Gasteiger partial charge in [0.1, 0.15) is 11.9 Å². The van der Waals surface area contributed by atoms with Gasteiger partial charge in [0, 0.05) is 17.1 Å². The number of carbonyl (C=O) groups is 1. The molecule has 1 aromatic heterocycles. The van der Waals surface area contributed by atoms with Crippen molar-refractivity contribution in [2.75, 3.05) is 6.61 Å². The molecule has 0 spiro atoms. The Hall–Kier alpha value is -2.83. The number of halogens is 1. The number of fused-ring (bicyclic) bond motifs is 1. The molecule has 3 aromatic rings. The molecule has 4 rings (SSSR count). The van der Waals surface area contributed by atoms with Gasteiger partial charge in [-0.25, -0.2) is 0 Å². The summed E-state index contributed by atoms with van der Waals surface area (Å²) in [6.45, 7) is 3.84. The maximum absolute atomic E-state index is 12.6. The first-order chi connectivity index (χ1) is 14.1. The summed E-state index contributed by atoms with van der Waals surface area (Å²) in [7, 11) is 0. The van der Waals surface area contributed by atoms with E-state index in [1.54, 1.807) is 6.07 Å². The summed E-state index contributed by atoms with van der Waals surface area (Å²) >= 11 is 5.96. The molecule has 0 bridgehead atoms. The smallest absolute Gasteiger partial charge is 0.272 e. The number of carbonyl (C=O) groups excluding carboxylic acids is 1. The van der Waals surface area contributed by atoms with E-state index in [9.17, 15) is 4.79 Å². The van der Waals surface area contributed by atoms with E-state index in [4.69, 9.17) is 21.1 Å². The molecule has 1 aliphatic heterocycles. The normalized spacial score (nSPS) is 15.6. The lowest BCUT2D eigenvalue weighted by Gasteiger charge is -2.24. The zero-order chi connectivity index (χ0) is 20.2. The molecule has 0 saturated carbocycles. The van der Waals surface area contributed by atoms with Crippen LogP contribution >= 0.6 is 11.6 Å². The number of rotatable bonds is 6. The van der Waals surface area contributed by atoms with E-state index in [-0.39, 0.29) is 12.0 Å². The van der Waals surface area contributed by atoms with Crippen LogP contribution in [-0.2, 0) is 24.4 Å². The molecule has 29 heavy (non-hydrogen) atoms. The average molecular weight is 412 g/mol. The molecule has 0 fully saturated rings. The lowest BCUT2D eigenvalue weighted by molar-refractivity contribution is -0.00119. The fraction of sp³-hybridized carbons (Fsp3) is 0.273. The van der Waals surface area contributed by atoms with Gasteiger partial charge in [0.25, 0.3) is 5.91 Å². The van der Waals surface area contributed by atoms with Crippen molar-refractivity contribution >= 4 is 17.5 Å². The molecule has 1 aliphatic rings. The third-order valence-electron chi connectivity index (χ3n) is 4.82. The van der Waals surface area contributed by atoms with E-state index in [1.165, 1.54) is 0 Å². The Labute approximate surface area is 174 Å². The number of nitrogens with one attached hydrogen (secondary N) is 1. The fourth-order valence-electron chi connectivity index (χ4n) is 3.33. The third-order valence-corrected chi connectivity index (χ3v) is 5.07. The van der Waals surface area contributed by atoms with Gasteiger partial charge in [-0.2, -0.15) is 5.10 Å². The van der Waals surface area contributed by atoms with Crippen LogP contribution in [0.15, 0.2) is 54.6 Å². The van der Waals surface area contributed by atoms with E-state index >= 15 is 0 Å². The Morgan fingerprint density at radius 1 is 1.28 bits per heavy atom. The zero-order valence-electron chi connectivity index (χ0n) is 16.1. The van der Waals surface area contributed by atoms with Gasteiger partial charge < -0.3 is 14.8 Å². The van der Waals surface area contributed by atoms with Crippen molar-refractivity contribution in [3.05, 3.63) is 82.1 Å². The molecule has 0 radical (unpaired) electrons. The topological polar surface area (TPSA) is 65.4 Å². The predicted octanol–water partition coefficient (Wildman–Crippen LogP) is 4.14. The van der Waals surface area contributed by atoms with Crippen LogP contribution in [0.25, 0.3) is 0 Å². The fourth-order valence-corrected chi connectivity index (χ4v) is 3.45. The van der Waals surface area contributed by atoms with Crippen LogP contribution in [0.2, 0.25) is 5.02 Å². The molecule has 2 heterocycles. The maximum atomic E-state index is 12.6. The second-order valence-electron chi connectivity index (χ2n) is 6.78. The van der Waals surface area contributed by atoms with Crippen LogP contribution in [-0.4, -0.2) is 22.3 Å². The highest BCUT2D eigenvalue weighted by Crippen LogP contribution is 2.27. The zero-order valence-corrected chi connectivity index (χ0v) is 16.9. The summed E-state index contributed by atoms with van der Waals surface area (Å²) in [4.78, 5) is 12.6. The highest BCUT2D eigenvalue weighted by molar-refractivity contribution is 6.30. The molecule has 0 saturated heterocycles. The van der Waals surface area contributed by atoms with E-state index < -0.39 is 0 Å². The number of nitrogens with zero attached hydrogens (tertiary/aromatic N) is 2. The molecule has 6 nitrogen and oxygen atoms in total. The van der Waals surface area contributed by atoms with Gasteiger partial charge >= 0.3 is 0 Å². The first-order valence-electron chi connectivity index (χ1n) is 9.56. The van der Waals surface area contributed by atoms with Crippen molar-refractivity contribution in [2.45, 2.75) is 32.7 Å². The monoisotopic (exact) mass is 411 g/mol. The van der Waals surface area contributed by atoms with Gasteiger partial charge in [0.2, 0.25) is 0 Å². The van der Waals surface area contributed by atoms with Gasteiger partial charge in [0.05, 0.1) is 25.5 Å². The van der Waals surface area contributed by atoms with Crippen LogP contribution in [0.4, 0.5) is 0 Å².